The van der Waals surface area contributed by atoms with Crippen molar-refractivity contribution in [1.29, 1.82) is 0 Å². The number of aromatic nitrogens is 2. The van der Waals surface area contributed by atoms with E-state index in [1.807, 2.05) is 25.1 Å². The molecule has 2 rings (SSSR count). The highest BCUT2D eigenvalue weighted by molar-refractivity contribution is 5.64. The van der Waals surface area contributed by atoms with Crippen molar-refractivity contribution in [2.75, 3.05) is 13.1 Å². The summed E-state index contributed by atoms with van der Waals surface area (Å²) in [7, 11) is 0. The smallest absolute Gasteiger partial charge is 0.227 e. The molecule has 0 aliphatic heterocycles. The first-order valence-electron chi connectivity index (χ1n) is 5.99. The Bertz CT molecular complexity index is 505. The van der Waals surface area contributed by atoms with Crippen molar-refractivity contribution in [3.05, 3.63) is 54.2 Å². The van der Waals surface area contributed by atoms with E-state index in [1.165, 1.54) is 5.56 Å². The van der Waals surface area contributed by atoms with E-state index in [0.717, 1.165) is 25.1 Å². The van der Waals surface area contributed by atoms with Crippen LogP contribution < -0.4 is 5.32 Å². The van der Waals surface area contributed by atoms with E-state index in [9.17, 15) is 0 Å². The van der Waals surface area contributed by atoms with Crippen molar-refractivity contribution in [2.24, 2.45) is 0 Å². The van der Waals surface area contributed by atoms with Crippen molar-refractivity contribution >= 4 is 5.57 Å². The molecular weight excluding hydrogens is 226 g/mol. The van der Waals surface area contributed by atoms with Crippen molar-refractivity contribution in [1.82, 2.24) is 15.5 Å². The molecule has 0 saturated heterocycles. The van der Waals surface area contributed by atoms with Gasteiger partial charge in [-0.3, -0.25) is 0 Å². The molecule has 0 amide bonds. The Balaban J connectivity index is 1.71. The minimum Gasteiger partial charge on any atom is -0.339 e. The average Bonchev–Trinajstić information content (AvgIpc) is 2.81. The Morgan fingerprint density at radius 2 is 2.11 bits per heavy atom. The third kappa shape index (κ3) is 3.53. The normalized spacial score (nSPS) is 10.5. The lowest BCUT2D eigenvalue weighted by molar-refractivity contribution is 0.373. The number of nitrogens with one attached hydrogen (secondary N) is 1. The second kappa shape index (κ2) is 6.12. The Hall–Kier alpha value is -1.94. The van der Waals surface area contributed by atoms with Gasteiger partial charge in [0, 0.05) is 19.5 Å². The van der Waals surface area contributed by atoms with E-state index in [4.69, 9.17) is 4.52 Å². The van der Waals surface area contributed by atoms with Crippen LogP contribution in [0.2, 0.25) is 0 Å². The first kappa shape index (κ1) is 12.5. The second-order valence-electron chi connectivity index (χ2n) is 4.13. The zero-order chi connectivity index (χ0) is 12.8. The fourth-order valence-corrected chi connectivity index (χ4v) is 1.65. The van der Waals surface area contributed by atoms with Gasteiger partial charge >= 0.3 is 0 Å². The molecule has 0 unspecified atom stereocenters. The largest absolute Gasteiger partial charge is 0.339 e. The first-order chi connectivity index (χ1) is 8.75. The summed E-state index contributed by atoms with van der Waals surface area (Å²) in [6.07, 6.45) is 0.739. The van der Waals surface area contributed by atoms with Gasteiger partial charge in [0.25, 0.3) is 0 Å². The zero-order valence-electron chi connectivity index (χ0n) is 10.5. The van der Waals surface area contributed by atoms with E-state index >= 15 is 0 Å². The van der Waals surface area contributed by atoms with E-state index in [2.05, 4.69) is 34.2 Å². The summed E-state index contributed by atoms with van der Waals surface area (Å²) in [5.74, 6) is 1.35. The molecule has 4 heteroatoms. The lowest BCUT2D eigenvalue weighted by Gasteiger charge is -2.06. The Kier molecular flexibility index (Phi) is 4.25. The van der Waals surface area contributed by atoms with Gasteiger partial charge in [-0.2, -0.15) is 4.98 Å². The summed E-state index contributed by atoms with van der Waals surface area (Å²) >= 11 is 0. The maximum absolute atomic E-state index is 5.03. The molecule has 94 valence electrons. The average molecular weight is 243 g/mol. The monoisotopic (exact) mass is 243 g/mol. The van der Waals surface area contributed by atoms with Crippen LogP contribution >= 0.6 is 0 Å². The summed E-state index contributed by atoms with van der Waals surface area (Å²) < 4.78 is 5.03. The molecule has 4 nitrogen and oxygen atoms in total. The SMILES string of the molecule is C=C(CNCCc1nc(C)no1)c1ccccc1. The number of rotatable bonds is 6. The lowest BCUT2D eigenvalue weighted by Crippen LogP contribution is -2.19. The van der Waals surface area contributed by atoms with Crippen LogP contribution in [-0.2, 0) is 6.42 Å². The van der Waals surface area contributed by atoms with Crippen LogP contribution in [0.4, 0.5) is 0 Å². The molecule has 1 aromatic heterocycles. The van der Waals surface area contributed by atoms with Gasteiger partial charge in [-0.25, -0.2) is 0 Å². The summed E-state index contributed by atoms with van der Waals surface area (Å²) in [6, 6.07) is 10.2. The minimum atomic E-state index is 0.672. The first-order valence-corrected chi connectivity index (χ1v) is 5.99. The highest BCUT2D eigenvalue weighted by atomic mass is 16.5. The molecule has 1 heterocycles. The van der Waals surface area contributed by atoms with Gasteiger partial charge in [0.1, 0.15) is 0 Å². The fraction of sp³-hybridized carbons (Fsp3) is 0.286. The maximum atomic E-state index is 5.03. The topological polar surface area (TPSA) is 51.0 Å². The molecule has 1 N–H and O–H groups in total. The number of hydrogen-bond acceptors (Lipinski definition) is 4. The molecule has 1 aromatic carbocycles. The van der Waals surface area contributed by atoms with Crippen molar-refractivity contribution < 1.29 is 4.52 Å². The van der Waals surface area contributed by atoms with E-state index < -0.39 is 0 Å². The second-order valence-corrected chi connectivity index (χ2v) is 4.13. The highest BCUT2D eigenvalue weighted by Gasteiger charge is 2.02. The van der Waals surface area contributed by atoms with E-state index in [0.29, 0.717) is 11.7 Å². The molecule has 0 aliphatic rings. The lowest BCUT2D eigenvalue weighted by atomic mass is 10.1. The van der Waals surface area contributed by atoms with Gasteiger partial charge in [0.15, 0.2) is 5.82 Å². The summed E-state index contributed by atoms with van der Waals surface area (Å²) in [5, 5.41) is 7.06. The zero-order valence-corrected chi connectivity index (χ0v) is 10.5. The van der Waals surface area contributed by atoms with Crippen molar-refractivity contribution in [3.63, 3.8) is 0 Å². The third-order valence-electron chi connectivity index (χ3n) is 2.61. The van der Waals surface area contributed by atoms with Gasteiger partial charge < -0.3 is 9.84 Å². The molecule has 0 radical (unpaired) electrons. The van der Waals surface area contributed by atoms with E-state index in [1.54, 1.807) is 0 Å². The third-order valence-corrected chi connectivity index (χ3v) is 2.61. The standard InChI is InChI=1S/C14H17N3O/c1-11(13-6-4-3-5-7-13)10-15-9-8-14-16-12(2)17-18-14/h3-7,15H,1,8-10H2,2H3. The van der Waals surface area contributed by atoms with Gasteiger partial charge in [-0.05, 0) is 18.1 Å². The van der Waals surface area contributed by atoms with E-state index in [-0.39, 0.29) is 0 Å². The van der Waals surface area contributed by atoms with Crippen LogP contribution in [0.1, 0.15) is 17.3 Å². The molecule has 0 spiro atoms. The number of nitrogens with zero attached hydrogens (tertiary/aromatic N) is 2. The molecule has 0 atom stereocenters. The molecule has 18 heavy (non-hydrogen) atoms. The van der Waals surface area contributed by atoms with Gasteiger partial charge in [-0.1, -0.05) is 42.1 Å². The quantitative estimate of drug-likeness (QED) is 0.790. The predicted octanol–water partition coefficient (Wildman–Crippen LogP) is 2.22. The van der Waals surface area contributed by atoms with Crippen molar-refractivity contribution in [3.8, 4) is 0 Å². The Morgan fingerprint density at radius 1 is 1.33 bits per heavy atom. The highest BCUT2D eigenvalue weighted by Crippen LogP contribution is 2.09. The molecule has 2 aromatic rings. The minimum absolute atomic E-state index is 0.672. The Morgan fingerprint density at radius 3 is 2.78 bits per heavy atom. The van der Waals surface area contributed by atoms with Crippen LogP contribution in [-0.4, -0.2) is 23.2 Å². The number of aryl methyl sites for hydroxylation is 1. The Labute approximate surface area is 107 Å². The van der Waals surface area contributed by atoms with Crippen LogP contribution in [0.15, 0.2) is 41.4 Å². The van der Waals surface area contributed by atoms with Crippen LogP contribution in [0, 0.1) is 6.92 Å². The molecule has 0 bridgehead atoms. The van der Waals surface area contributed by atoms with Crippen LogP contribution in [0.3, 0.4) is 0 Å². The molecule has 0 fully saturated rings. The molecule has 0 aliphatic carbocycles. The summed E-state index contributed by atoms with van der Waals surface area (Å²) in [4.78, 5) is 4.15. The summed E-state index contributed by atoms with van der Waals surface area (Å²) in [6.45, 7) is 7.44. The van der Waals surface area contributed by atoms with Crippen LogP contribution in [0.5, 0.6) is 0 Å². The maximum Gasteiger partial charge on any atom is 0.227 e. The van der Waals surface area contributed by atoms with Crippen molar-refractivity contribution in [2.45, 2.75) is 13.3 Å². The van der Waals surface area contributed by atoms with Crippen LogP contribution in [0.25, 0.3) is 5.57 Å². The summed E-state index contributed by atoms with van der Waals surface area (Å²) in [5.41, 5.74) is 2.25. The van der Waals surface area contributed by atoms with Gasteiger partial charge in [0.05, 0.1) is 0 Å². The number of benzene rings is 1. The molecule has 0 saturated carbocycles. The fourth-order valence-electron chi connectivity index (χ4n) is 1.65. The molecular formula is C14H17N3O. The van der Waals surface area contributed by atoms with Gasteiger partial charge in [0.2, 0.25) is 5.89 Å². The van der Waals surface area contributed by atoms with Gasteiger partial charge in [-0.15, -0.1) is 0 Å². The number of hydrogen-bond donors (Lipinski definition) is 1. The predicted molar refractivity (Wildman–Crippen MR) is 71.1 cm³/mol.